The molecule has 0 amide bonds. The third-order valence-electron chi connectivity index (χ3n) is 2.07. The van der Waals surface area contributed by atoms with E-state index in [0.717, 1.165) is 0 Å². The minimum Gasteiger partial charge on any atom is -0.395 e. The first-order valence-electron chi connectivity index (χ1n) is 5.04. The van der Waals surface area contributed by atoms with Gasteiger partial charge >= 0.3 is 0 Å². The summed E-state index contributed by atoms with van der Waals surface area (Å²) in [4.78, 5) is 0. The minimum atomic E-state index is -1.01. The average Bonchev–Trinajstić information content (AvgIpc) is 2.03. The first-order chi connectivity index (χ1) is 6.66. The number of rotatable bonds is 5. The predicted octanol–water partition coefficient (Wildman–Crippen LogP) is -0.911. The van der Waals surface area contributed by atoms with Crippen LogP contribution in [0.1, 0.15) is 27.7 Å². The van der Waals surface area contributed by atoms with Crippen molar-refractivity contribution in [2.24, 2.45) is 0 Å². The van der Waals surface area contributed by atoms with Crippen molar-refractivity contribution in [3.8, 4) is 0 Å². The lowest BCUT2D eigenvalue weighted by molar-refractivity contribution is -0.107. The monoisotopic (exact) mass is 223 g/mol. The zero-order valence-electron chi connectivity index (χ0n) is 10.1. The largest absolute Gasteiger partial charge is 0.395 e. The van der Waals surface area contributed by atoms with Crippen molar-refractivity contribution in [1.82, 2.24) is 5.32 Å². The zero-order chi connectivity index (χ0) is 12.5. The fourth-order valence-corrected chi connectivity index (χ4v) is 0.283. The topological polar surface area (TPSA) is 93.0 Å². The van der Waals surface area contributed by atoms with Gasteiger partial charge in [-0.1, -0.05) is 0 Å². The third-order valence-corrected chi connectivity index (χ3v) is 2.07. The molecule has 0 fully saturated rings. The van der Waals surface area contributed by atoms with Crippen LogP contribution in [0.2, 0.25) is 0 Å². The maximum absolute atomic E-state index is 9.10. The molecule has 0 heterocycles. The van der Waals surface area contributed by atoms with Crippen LogP contribution in [-0.4, -0.2) is 57.9 Å². The van der Waals surface area contributed by atoms with Gasteiger partial charge < -0.3 is 25.7 Å². The van der Waals surface area contributed by atoms with Crippen LogP contribution in [0.3, 0.4) is 0 Å². The second-order valence-electron chi connectivity index (χ2n) is 4.32. The van der Waals surface area contributed by atoms with E-state index in [-0.39, 0.29) is 13.2 Å². The maximum Gasteiger partial charge on any atom is 0.0872 e. The number of hydrogen-bond acceptors (Lipinski definition) is 5. The summed E-state index contributed by atoms with van der Waals surface area (Å²) < 4.78 is 0. The van der Waals surface area contributed by atoms with E-state index < -0.39 is 11.2 Å². The Labute approximate surface area is 91.8 Å². The molecule has 0 atom stereocenters. The van der Waals surface area contributed by atoms with E-state index in [4.69, 9.17) is 20.4 Å². The van der Waals surface area contributed by atoms with Crippen LogP contribution in [0.5, 0.6) is 0 Å². The minimum absolute atomic E-state index is 0.139. The lowest BCUT2D eigenvalue weighted by atomic mass is 9.90. The van der Waals surface area contributed by atoms with Crippen molar-refractivity contribution in [1.29, 1.82) is 0 Å². The number of nitrogens with one attached hydrogen (secondary N) is 1. The van der Waals surface area contributed by atoms with Crippen molar-refractivity contribution >= 4 is 0 Å². The number of aliphatic hydroxyl groups is 4. The smallest absolute Gasteiger partial charge is 0.0872 e. The van der Waals surface area contributed by atoms with Crippen LogP contribution in [0.15, 0.2) is 0 Å². The summed E-state index contributed by atoms with van der Waals surface area (Å²) in [6, 6.07) is 0. The van der Waals surface area contributed by atoms with E-state index >= 15 is 0 Å². The van der Waals surface area contributed by atoms with Crippen LogP contribution in [0, 0.1) is 0 Å². The van der Waals surface area contributed by atoms with Crippen molar-refractivity contribution in [2.45, 2.75) is 38.9 Å². The van der Waals surface area contributed by atoms with Crippen molar-refractivity contribution in [3.63, 3.8) is 0 Å². The predicted molar refractivity (Wildman–Crippen MR) is 59.6 cm³/mol. The van der Waals surface area contributed by atoms with Gasteiger partial charge in [-0.05, 0) is 27.7 Å². The Morgan fingerprint density at radius 1 is 0.800 bits per heavy atom. The summed E-state index contributed by atoms with van der Waals surface area (Å²) in [5.74, 6) is 0. The van der Waals surface area contributed by atoms with Gasteiger partial charge in [0.05, 0.1) is 24.4 Å². The molecule has 0 aromatic heterocycles. The van der Waals surface area contributed by atoms with Gasteiger partial charge in [-0.25, -0.2) is 0 Å². The molecule has 0 aliphatic heterocycles. The first-order valence-corrected chi connectivity index (χ1v) is 5.04. The highest BCUT2D eigenvalue weighted by Crippen LogP contribution is 2.19. The van der Waals surface area contributed by atoms with Gasteiger partial charge in [0.15, 0.2) is 0 Å². The molecule has 94 valence electrons. The Bertz CT molecular complexity index is 121. The molecule has 5 N–H and O–H groups in total. The van der Waals surface area contributed by atoms with E-state index in [9.17, 15) is 0 Å². The first kappa shape index (κ1) is 17.2. The second kappa shape index (κ2) is 8.01. The molecule has 0 radical (unpaired) electrons. The Morgan fingerprint density at radius 3 is 1.20 bits per heavy atom. The molecule has 0 saturated carbocycles. The molecule has 0 aliphatic rings. The van der Waals surface area contributed by atoms with Gasteiger partial charge in [0, 0.05) is 13.1 Å². The van der Waals surface area contributed by atoms with Crippen molar-refractivity contribution in [3.05, 3.63) is 0 Å². The summed E-state index contributed by atoms with van der Waals surface area (Å²) in [5.41, 5.74) is -2.01. The standard InChI is InChI=1S/C6H14O2.C4H11NO2/c1-5(2,7)6(3,4)8;6-3-1-5-2-4-7/h7-8H,1-4H3;5-7H,1-4H2. The van der Waals surface area contributed by atoms with E-state index in [2.05, 4.69) is 5.32 Å². The Kier molecular flexibility index (Phi) is 9.19. The zero-order valence-corrected chi connectivity index (χ0v) is 10.1. The molecule has 0 aliphatic carbocycles. The number of hydrogen-bond donors (Lipinski definition) is 5. The Hall–Kier alpha value is -0.200. The summed E-state index contributed by atoms with van der Waals surface area (Å²) in [7, 11) is 0. The van der Waals surface area contributed by atoms with Gasteiger partial charge in [0.25, 0.3) is 0 Å². The molecule has 0 unspecified atom stereocenters. The van der Waals surface area contributed by atoms with Crippen molar-refractivity contribution < 1.29 is 20.4 Å². The highest BCUT2D eigenvalue weighted by molar-refractivity contribution is 4.84. The van der Waals surface area contributed by atoms with E-state index in [1.165, 1.54) is 0 Å². The Balaban J connectivity index is 0. The van der Waals surface area contributed by atoms with Gasteiger partial charge in [-0.2, -0.15) is 0 Å². The lowest BCUT2D eigenvalue weighted by Gasteiger charge is -2.31. The van der Waals surface area contributed by atoms with Crippen LogP contribution < -0.4 is 5.32 Å². The van der Waals surface area contributed by atoms with Crippen LogP contribution >= 0.6 is 0 Å². The fraction of sp³-hybridized carbons (Fsp3) is 1.00. The Morgan fingerprint density at radius 2 is 1.07 bits per heavy atom. The fourth-order valence-electron chi connectivity index (χ4n) is 0.283. The molecule has 15 heavy (non-hydrogen) atoms. The summed E-state index contributed by atoms with van der Waals surface area (Å²) >= 11 is 0. The molecule has 0 aromatic rings. The maximum atomic E-state index is 9.10. The molecule has 5 heteroatoms. The third kappa shape index (κ3) is 11.7. The van der Waals surface area contributed by atoms with E-state index in [0.29, 0.717) is 13.1 Å². The molecular weight excluding hydrogens is 198 g/mol. The summed E-state index contributed by atoms with van der Waals surface area (Å²) in [5, 5.41) is 37.3. The lowest BCUT2D eigenvalue weighted by Crippen LogP contribution is -2.44. The molecular formula is C10H25NO4. The van der Waals surface area contributed by atoms with Crippen LogP contribution in [-0.2, 0) is 0 Å². The molecule has 0 aromatic carbocycles. The highest BCUT2D eigenvalue weighted by Gasteiger charge is 2.31. The molecule has 0 saturated heterocycles. The molecule has 0 spiro atoms. The van der Waals surface area contributed by atoms with E-state index in [1.807, 2.05) is 0 Å². The second-order valence-corrected chi connectivity index (χ2v) is 4.32. The highest BCUT2D eigenvalue weighted by atomic mass is 16.3. The van der Waals surface area contributed by atoms with Gasteiger partial charge in [-0.15, -0.1) is 0 Å². The summed E-state index contributed by atoms with van der Waals surface area (Å²) in [6.07, 6.45) is 0. The average molecular weight is 223 g/mol. The SMILES string of the molecule is CC(C)(O)C(C)(C)O.OCCNCCO. The quantitative estimate of drug-likeness (QED) is 0.389. The van der Waals surface area contributed by atoms with Crippen molar-refractivity contribution in [2.75, 3.05) is 26.3 Å². The molecule has 5 nitrogen and oxygen atoms in total. The van der Waals surface area contributed by atoms with Gasteiger partial charge in [0.2, 0.25) is 0 Å². The number of aliphatic hydroxyl groups excluding tert-OH is 2. The van der Waals surface area contributed by atoms with E-state index in [1.54, 1.807) is 27.7 Å². The van der Waals surface area contributed by atoms with Crippen LogP contribution in [0.25, 0.3) is 0 Å². The van der Waals surface area contributed by atoms with Gasteiger partial charge in [-0.3, -0.25) is 0 Å². The van der Waals surface area contributed by atoms with Gasteiger partial charge in [0.1, 0.15) is 0 Å². The normalized spacial score (nSPS) is 12.0. The molecule has 0 bridgehead atoms. The summed E-state index contributed by atoms with van der Waals surface area (Å²) in [6.45, 7) is 7.72. The van der Waals surface area contributed by atoms with Crippen LogP contribution in [0.4, 0.5) is 0 Å². The molecule has 0 rings (SSSR count).